The van der Waals surface area contributed by atoms with Crippen molar-refractivity contribution in [3.63, 3.8) is 0 Å². The van der Waals surface area contributed by atoms with Gasteiger partial charge in [-0.15, -0.1) is 11.6 Å². The fraction of sp³-hybridized carbons (Fsp3) is 0.929. The largest absolute Gasteiger partial charge is 0.342 e. The summed E-state index contributed by atoms with van der Waals surface area (Å²) in [6.45, 7) is 1.76. The molecule has 1 aliphatic carbocycles. The molecule has 1 saturated heterocycles. The Bertz CT molecular complexity index is 241. The highest BCUT2D eigenvalue weighted by atomic mass is 35.5. The molecule has 1 amide bonds. The van der Waals surface area contributed by atoms with Gasteiger partial charge in [-0.05, 0) is 25.7 Å². The fourth-order valence-corrected chi connectivity index (χ4v) is 3.22. The third-order valence-corrected chi connectivity index (χ3v) is 4.63. The number of likely N-dealkylation sites (tertiary alicyclic amines) is 1. The van der Waals surface area contributed by atoms with Crippen molar-refractivity contribution in [2.75, 3.05) is 13.1 Å². The summed E-state index contributed by atoms with van der Waals surface area (Å²) in [6.07, 6.45) is 10.6. The molecule has 2 fully saturated rings. The minimum atomic E-state index is 0.288. The van der Waals surface area contributed by atoms with Crippen molar-refractivity contribution in [3.8, 4) is 0 Å². The highest BCUT2D eigenvalue weighted by Crippen LogP contribution is 2.26. The van der Waals surface area contributed by atoms with Crippen LogP contribution < -0.4 is 0 Å². The number of rotatable bonds is 1. The number of amides is 1. The van der Waals surface area contributed by atoms with Gasteiger partial charge in [0, 0.05) is 24.4 Å². The standard InChI is InChI=1S/C14H24ClNO/c15-13-8-10-16(11-9-13)14(17)12-6-4-2-1-3-5-7-12/h12-13H,1-11H2. The number of hydrogen-bond donors (Lipinski definition) is 0. The number of nitrogens with zero attached hydrogens (tertiary/aromatic N) is 1. The van der Waals surface area contributed by atoms with Gasteiger partial charge in [-0.3, -0.25) is 4.79 Å². The average Bonchev–Trinajstić information content (AvgIpc) is 2.29. The molecule has 0 spiro atoms. The maximum absolute atomic E-state index is 12.4. The summed E-state index contributed by atoms with van der Waals surface area (Å²) >= 11 is 6.08. The van der Waals surface area contributed by atoms with Crippen molar-refractivity contribution in [1.82, 2.24) is 4.90 Å². The summed E-state index contributed by atoms with van der Waals surface area (Å²) in [5, 5.41) is 0.288. The van der Waals surface area contributed by atoms with E-state index in [1.807, 2.05) is 0 Å². The number of hydrogen-bond acceptors (Lipinski definition) is 1. The van der Waals surface area contributed by atoms with E-state index in [0.717, 1.165) is 38.8 Å². The van der Waals surface area contributed by atoms with Gasteiger partial charge in [0.2, 0.25) is 5.91 Å². The van der Waals surface area contributed by atoms with Crippen LogP contribution in [0.4, 0.5) is 0 Å². The number of piperidine rings is 1. The lowest BCUT2D eigenvalue weighted by molar-refractivity contribution is -0.137. The third-order valence-electron chi connectivity index (χ3n) is 4.19. The van der Waals surface area contributed by atoms with Crippen LogP contribution in [0.3, 0.4) is 0 Å². The molecular weight excluding hydrogens is 234 g/mol. The molecule has 0 bridgehead atoms. The summed E-state index contributed by atoms with van der Waals surface area (Å²) in [4.78, 5) is 14.5. The van der Waals surface area contributed by atoms with Crippen LogP contribution in [-0.4, -0.2) is 29.3 Å². The number of alkyl halides is 1. The van der Waals surface area contributed by atoms with E-state index in [-0.39, 0.29) is 5.38 Å². The zero-order chi connectivity index (χ0) is 12.1. The van der Waals surface area contributed by atoms with Gasteiger partial charge in [-0.2, -0.15) is 0 Å². The summed E-state index contributed by atoms with van der Waals surface area (Å²) < 4.78 is 0. The summed E-state index contributed by atoms with van der Waals surface area (Å²) in [6, 6.07) is 0. The van der Waals surface area contributed by atoms with Gasteiger partial charge in [0.25, 0.3) is 0 Å². The first-order chi connectivity index (χ1) is 8.27. The molecule has 1 aliphatic heterocycles. The van der Waals surface area contributed by atoms with Gasteiger partial charge in [0.15, 0.2) is 0 Å². The maximum Gasteiger partial charge on any atom is 0.225 e. The molecule has 0 aromatic heterocycles. The zero-order valence-corrected chi connectivity index (χ0v) is 11.4. The number of carbonyl (C=O) groups is 1. The van der Waals surface area contributed by atoms with Crippen molar-refractivity contribution in [1.29, 1.82) is 0 Å². The molecule has 17 heavy (non-hydrogen) atoms. The normalized spacial score (nSPS) is 25.4. The van der Waals surface area contributed by atoms with Crippen molar-refractivity contribution in [2.24, 2.45) is 5.92 Å². The molecule has 3 heteroatoms. The number of carbonyl (C=O) groups excluding carboxylic acids is 1. The van der Waals surface area contributed by atoms with Gasteiger partial charge in [-0.25, -0.2) is 0 Å². The Kier molecular flexibility index (Phi) is 5.15. The minimum Gasteiger partial charge on any atom is -0.342 e. The molecule has 98 valence electrons. The highest BCUT2D eigenvalue weighted by Gasteiger charge is 2.27. The Balaban J connectivity index is 1.84. The van der Waals surface area contributed by atoms with Crippen LogP contribution in [0, 0.1) is 5.92 Å². The molecule has 0 aromatic carbocycles. The number of halogens is 1. The average molecular weight is 258 g/mol. The first-order valence-electron chi connectivity index (χ1n) is 7.20. The summed E-state index contributed by atoms with van der Waals surface area (Å²) in [5.41, 5.74) is 0. The second-order valence-electron chi connectivity index (χ2n) is 5.54. The molecule has 0 atom stereocenters. The lowest BCUT2D eigenvalue weighted by Gasteiger charge is -2.32. The Morgan fingerprint density at radius 1 is 0.882 bits per heavy atom. The van der Waals surface area contributed by atoms with E-state index in [9.17, 15) is 4.79 Å². The van der Waals surface area contributed by atoms with Crippen molar-refractivity contribution in [2.45, 2.75) is 63.2 Å². The molecule has 0 aromatic rings. The predicted octanol–water partition coefficient (Wildman–Crippen LogP) is 3.58. The Labute approximate surface area is 110 Å². The van der Waals surface area contributed by atoms with Crippen LogP contribution in [0.15, 0.2) is 0 Å². The van der Waals surface area contributed by atoms with E-state index in [4.69, 9.17) is 11.6 Å². The van der Waals surface area contributed by atoms with E-state index in [1.165, 1.54) is 32.1 Å². The predicted molar refractivity (Wildman–Crippen MR) is 71.3 cm³/mol. The molecule has 1 saturated carbocycles. The van der Waals surface area contributed by atoms with E-state index in [2.05, 4.69) is 4.90 Å². The molecule has 2 rings (SSSR count). The van der Waals surface area contributed by atoms with Crippen LogP contribution in [0.1, 0.15) is 57.8 Å². The quantitative estimate of drug-likeness (QED) is 0.658. The van der Waals surface area contributed by atoms with E-state index >= 15 is 0 Å². The lowest BCUT2D eigenvalue weighted by atomic mass is 9.89. The van der Waals surface area contributed by atoms with E-state index in [0.29, 0.717) is 11.8 Å². The summed E-state index contributed by atoms with van der Waals surface area (Å²) in [7, 11) is 0. The van der Waals surface area contributed by atoms with Gasteiger partial charge >= 0.3 is 0 Å². The molecule has 1 heterocycles. The third kappa shape index (κ3) is 3.87. The van der Waals surface area contributed by atoms with Crippen LogP contribution in [-0.2, 0) is 4.79 Å². The van der Waals surface area contributed by atoms with Crippen LogP contribution in [0.2, 0.25) is 0 Å². The molecular formula is C14H24ClNO. The first kappa shape index (κ1) is 13.2. The zero-order valence-electron chi connectivity index (χ0n) is 10.7. The van der Waals surface area contributed by atoms with Crippen LogP contribution in [0.25, 0.3) is 0 Å². The van der Waals surface area contributed by atoms with Crippen LogP contribution in [0.5, 0.6) is 0 Å². The molecule has 0 radical (unpaired) electrons. The van der Waals surface area contributed by atoms with E-state index in [1.54, 1.807) is 0 Å². The van der Waals surface area contributed by atoms with Crippen molar-refractivity contribution < 1.29 is 4.79 Å². The summed E-state index contributed by atoms with van der Waals surface area (Å²) in [5.74, 6) is 0.720. The Morgan fingerprint density at radius 3 is 2.00 bits per heavy atom. The maximum atomic E-state index is 12.4. The fourth-order valence-electron chi connectivity index (χ4n) is 3.03. The van der Waals surface area contributed by atoms with Gasteiger partial charge in [0.1, 0.15) is 0 Å². The molecule has 2 aliphatic rings. The van der Waals surface area contributed by atoms with Gasteiger partial charge < -0.3 is 4.90 Å². The monoisotopic (exact) mass is 257 g/mol. The smallest absolute Gasteiger partial charge is 0.225 e. The van der Waals surface area contributed by atoms with Crippen molar-refractivity contribution in [3.05, 3.63) is 0 Å². The topological polar surface area (TPSA) is 20.3 Å². The second-order valence-corrected chi connectivity index (χ2v) is 6.16. The lowest BCUT2D eigenvalue weighted by Crippen LogP contribution is -2.42. The molecule has 0 unspecified atom stereocenters. The van der Waals surface area contributed by atoms with Crippen LogP contribution >= 0.6 is 11.6 Å². The van der Waals surface area contributed by atoms with Gasteiger partial charge in [0.05, 0.1) is 0 Å². The van der Waals surface area contributed by atoms with E-state index < -0.39 is 0 Å². The molecule has 0 N–H and O–H groups in total. The first-order valence-corrected chi connectivity index (χ1v) is 7.64. The van der Waals surface area contributed by atoms with Crippen molar-refractivity contribution >= 4 is 17.5 Å². The Morgan fingerprint density at radius 2 is 1.41 bits per heavy atom. The minimum absolute atomic E-state index is 0.288. The Hall–Kier alpha value is -0.240. The highest BCUT2D eigenvalue weighted by molar-refractivity contribution is 6.20. The van der Waals surface area contributed by atoms with Gasteiger partial charge in [-0.1, -0.05) is 32.1 Å². The SMILES string of the molecule is O=C(C1CCCCCCC1)N1CCC(Cl)CC1. The second kappa shape index (κ2) is 6.63. The molecule has 2 nitrogen and oxygen atoms in total.